The van der Waals surface area contributed by atoms with E-state index >= 15 is 0 Å². The summed E-state index contributed by atoms with van der Waals surface area (Å²) in [5.74, 6) is -0.804. The first kappa shape index (κ1) is 24.4. The van der Waals surface area contributed by atoms with Gasteiger partial charge in [0.2, 0.25) is 5.91 Å². The molecular formula is C27H32N2O4. The number of aliphatic hydroxyl groups is 1. The minimum absolute atomic E-state index is 0.122. The number of hydrogen-bond donors (Lipinski definition) is 2. The first-order valence-electron chi connectivity index (χ1n) is 11.4. The van der Waals surface area contributed by atoms with E-state index in [0.717, 1.165) is 10.9 Å². The van der Waals surface area contributed by atoms with Crippen LogP contribution in [0.15, 0.2) is 66.7 Å². The second kappa shape index (κ2) is 11.6. The number of aliphatic hydroxyl groups excluding tert-OH is 1. The van der Waals surface area contributed by atoms with Gasteiger partial charge >= 0.3 is 5.97 Å². The second-order valence-electron chi connectivity index (χ2n) is 8.77. The van der Waals surface area contributed by atoms with Crippen molar-refractivity contribution in [2.24, 2.45) is 11.8 Å². The summed E-state index contributed by atoms with van der Waals surface area (Å²) in [6.07, 6.45) is -0.644. The van der Waals surface area contributed by atoms with Crippen molar-refractivity contribution in [3.63, 3.8) is 0 Å². The van der Waals surface area contributed by atoms with E-state index in [1.54, 1.807) is 13.1 Å². The number of para-hydroxylation sites is 1. The fourth-order valence-corrected chi connectivity index (χ4v) is 4.01. The highest BCUT2D eigenvalue weighted by molar-refractivity contribution is 5.91. The van der Waals surface area contributed by atoms with Gasteiger partial charge in [-0.25, -0.2) is 9.78 Å². The van der Waals surface area contributed by atoms with Gasteiger partial charge in [-0.2, -0.15) is 0 Å². The number of rotatable bonds is 10. The molecule has 33 heavy (non-hydrogen) atoms. The van der Waals surface area contributed by atoms with Crippen LogP contribution in [0.5, 0.6) is 0 Å². The van der Waals surface area contributed by atoms with Gasteiger partial charge in [0.05, 0.1) is 11.6 Å². The van der Waals surface area contributed by atoms with E-state index in [9.17, 15) is 14.7 Å². The zero-order valence-corrected chi connectivity index (χ0v) is 19.4. The van der Waals surface area contributed by atoms with E-state index in [4.69, 9.17) is 4.74 Å². The molecule has 6 heteroatoms. The van der Waals surface area contributed by atoms with Gasteiger partial charge < -0.3 is 15.2 Å². The molecule has 6 nitrogen and oxygen atoms in total. The van der Waals surface area contributed by atoms with Crippen molar-refractivity contribution in [3.8, 4) is 0 Å². The van der Waals surface area contributed by atoms with E-state index in [-0.39, 0.29) is 29.9 Å². The molecule has 0 unspecified atom stereocenters. The van der Waals surface area contributed by atoms with E-state index in [0.29, 0.717) is 18.4 Å². The van der Waals surface area contributed by atoms with Crippen LogP contribution in [0.1, 0.15) is 42.7 Å². The highest BCUT2D eigenvalue weighted by Crippen LogP contribution is 2.23. The Morgan fingerprint density at radius 3 is 2.36 bits per heavy atom. The Labute approximate surface area is 195 Å². The van der Waals surface area contributed by atoms with Gasteiger partial charge in [-0.15, -0.1) is 0 Å². The lowest BCUT2D eigenvalue weighted by Gasteiger charge is -2.27. The van der Waals surface area contributed by atoms with Gasteiger partial charge in [-0.05, 0) is 36.5 Å². The highest BCUT2D eigenvalue weighted by Gasteiger charge is 2.30. The third-order valence-corrected chi connectivity index (χ3v) is 5.67. The van der Waals surface area contributed by atoms with E-state index in [1.807, 2.05) is 74.5 Å². The summed E-state index contributed by atoms with van der Waals surface area (Å²) in [6, 6.07) is 20.5. The number of benzene rings is 2. The Hall–Kier alpha value is -3.25. The van der Waals surface area contributed by atoms with Crippen LogP contribution in [0.2, 0.25) is 0 Å². The summed E-state index contributed by atoms with van der Waals surface area (Å²) < 4.78 is 5.79. The molecule has 3 aromatic rings. The number of carbonyl (C=O) groups is 2. The monoisotopic (exact) mass is 448 g/mol. The molecule has 2 N–H and O–H groups in total. The Balaban J connectivity index is 1.81. The van der Waals surface area contributed by atoms with E-state index < -0.39 is 18.2 Å². The topological polar surface area (TPSA) is 88.5 Å². The molecule has 2 aromatic carbocycles. The number of amides is 1. The Kier molecular flexibility index (Phi) is 8.55. The summed E-state index contributed by atoms with van der Waals surface area (Å²) >= 11 is 0. The van der Waals surface area contributed by atoms with Gasteiger partial charge in [0.25, 0.3) is 0 Å². The zero-order valence-electron chi connectivity index (χ0n) is 19.4. The van der Waals surface area contributed by atoms with Crippen LogP contribution in [0.4, 0.5) is 0 Å². The van der Waals surface area contributed by atoms with Crippen LogP contribution >= 0.6 is 0 Å². The summed E-state index contributed by atoms with van der Waals surface area (Å²) in [7, 11) is 1.59. The second-order valence-corrected chi connectivity index (χ2v) is 8.77. The Bertz CT molecular complexity index is 1070. The maximum Gasteiger partial charge on any atom is 0.357 e. The van der Waals surface area contributed by atoms with Crippen LogP contribution in [0.3, 0.4) is 0 Å². The zero-order chi connectivity index (χ0) is 23.8. The van der Waals surface area contributed by atoms with Gasteiger partial charge in [0, 0.05) is 24.8 Å². The van der Waals surface area contributed by atoms with Crippen molar-refractivity contribution < 1.29 is 19.4 Å². The standard InChI is InChI=1S/C27H32N2O4/c1-18(2)15-21(26(31)28-3)17-24(30)25(16-19-9-5-4-6-10-19)33-27(32)23-14-13-20-11-7-8-12-22(20)29-23/h4-14,18,21,24-25,30H,15-17H2,1-3H3,(H,28,31)/t21-,24+,25+/m1/s1. The summed E-state index contributed by atoms with van der Waals surface area (Å²) in [4.78, 5) is 29.8. The molecule has 1 heterocycles. The highest BCUT2D eigenvalue weighted by atomic mass is 16.6. The fourth-order valence-electron chi connectivity index (χ4n) is 4.01. The molecule has 3 rings (SSSR count). The number of fused-ring (bicyclic) bond motifs is 1. The lowest BCUT2D eigenvalue weighted by molar-refractivity contribution is -0.126. The number of nitrogens with one attached hydrogen (secondary N) is 1. The molecule has 0 aliphatic heterocycles. The number of aromatic nitrogens is 1. The lowest BCUT2D eigenvalue weighted by Crippen LogP contribution is -2.38. The van der Waals surface area contributed by atoms with Crippen molar-refractivity contribution in [2.45, 2.75) is 45.3 Å². The summed E-state index contributed by atoms with van der Waals surface area (Å²) in [5.41, 5.74) is 1.81. The molecule has 0 fully saturated rings. The van der Waals surface area contributed by atoms with Crippen LogP contribution in [0, 0.1) is 11.8 Å². The molecule has 0 aliphatic carbocycles. The first-order chi connectivity index (χ1) is 15.9. The molecule has 174 valence electrons. The lowest BCUT2D eigenvalue weighted by atomic mass is 9.88. The normalized spacial score (nSPS) is 14.0. The third kappa shape index (κ3) is 6.86. The maximum absolute atomic E-state index is 13.0. The molecule has 1 aromatic heterocycles. The Morgan fingerprint density at radius 1 is 0.970 bits per heavy atom. The number of esters is 1. The van der Waals surface area contributed by atoms with Gasteiger partial charge in [-0.3, -0.25) is 4.79 Å². The predicted octanol–water partition coefficient (Wildman–Crippen LogP) is 4.16. The minimum atomic E-state index is -1.00. The average Bonchev–Trinajstić information content (AvgIpc) is 2.82. The van der Waals surface area contributed by atoms with Crippen molar-refractivity contribution in [2.75, 3.05) is 7.05 Å². The number of nitrogens with zero attached hydrogens (tertiary/aromatic N) is 1. The van der Waals surface area contributed by atoms with Gasteiger partial charge in [-0.1, -0.05) is 68.4 Å². The maximum atomic E-state index is 13.0. The minimum Gasteiger partial charge on any atom is -0.455 e. The Morgan fingerprint density at radius 2 is 1.67 bits per heavy atom. The molecule has 0 saturated carbocycles. The predicted molar refractivity (Wildman–Crippen MR) is 129 cm³/mol. The smallest absolute Gasteiger partial charge is 0.357 e. The van der Waals surface area contributed by atoms with Gasteiger partial charge in [0.15, 0.2) is 0 Å². The van der Waals surface area contributed by atoms with Gasteiger partial charge in [0.1, 0.15) is 11.8 Å². The van der Waals surface area contributed by atoms with Crippen LogP contribution in [-0.2, 0) is 16.0 Å². The van der Waals surface area contributed by atoms with Crippen molar-refractivity contribution in [3.05, 3.63) is 78.0 Å². The number of ether oxygens (including phenoxy) is 1. The molecule has 0 aliphatic rings. The number of pyridine rings is 1. The largest absolute Gasteiger partial charge is 0.455 e. The van der Waals surface area contributed by atoms with E-state index in [2.05, 4.69) is 10.3 Å². The molecule has 0 bridgehead atoms. The van der Waals surface area contributed by atoms with Crippen LogP contribution in [-0.4, -0.2) is 41.2 Å². The summed E-state index contributed by atoms with van der Waals surface area (Å²) in [5, 5.41) is 14.7. The van der Waals surface area contributed by atoms with E-state index in [1.165, 1.54) is 0 Å². The van der Waals surface area contributed by atoms with Crippen molar-refractivity contribution >= 4 is 22.8 Å². The molecule has 0 spiro atoms. The average molecular weight is 449 g/mol. The number of carbonyl (C=O) groups excluding carboxylic acids is 2. The molecule has 1 amide bonds. The van der Waals surface area contributed by atoms with Crippen LogP contribution in [0.25, 0.3) is 10.9 Å². The SMILES string of the molecule is CNC(=O)[C@H](CC(C)C)C[C@H](O)[C@H](Cc1ccccc1)OC(=O)c1ccc2ccccc2n1. The first-order valence-corrected chi connectivity index (χ1v) is 11.4. The molecule has 0 saturated heterocycles. The number of hydrogen-bond acceptors (Lipinski definition) is 5. The molecule has 3 atom stereocenters. The van der Waals surface area contributed by atoms with Crippen molar-refractivity contribution in [1.29, 1.82) is 0 Å². The fraction of sp³-hybridized carbons (Fsp3) is 0.370. The molecule has 0 radical (unpaired) electrons. The quantitative estimate of drug-likeness (QED) is 0.455. The summed E-state index contributed by atoms with van der Waals surface area (Å²) in [6.45, 7) is 4.07. The van der Waals surface area contributed by atoms with Crippen LogP contribution < -0.4 is 5.32 Å². The van der Waals surface area contributed by atoms with Crippen molar-refractivity contribution in [1.82, 2.24) is 10.3 Å². The third-order valence-electron chi connectivity index (χ3n) is 5.67. The molecular weight excluding hydrogens is 416 g/mol.